The summed E-state index contributed by atoms with van der Waals surface area (Å²) in [4.78, 5) is 7.29. The molecule has 0 saturated heterocycles. The van der Waals surface area contributed by atoms with Crippen LogP contribution in [0.4, 0.5) is 0 Å². The lowest BCUT2D eigenvalue weighted by molar-refractivity contribution is 0.316. The van der Waals surface area contributed by atoms with Crippen molar-refractivity contribution in [3.05, 3.63) is 18.2 Å². The molecule has 0 aliphatic heterocycles. The fourth-order valence-corrected chi connectivity index (χ4v) is 2.37. The minimum Gasteiger partial charge on any atom is -0.347 e. The third-order valence-corrected chi connectivity index (χ3v) is 3.18. The molecule has 1 aliphatic rings. The van der Waals surface area contributed by atoms with Crippen LogP contribution in [0.15, 0.2) is 12.4 Å². The van der Waals surface area contributed by atoms with E-state index in [9.17, 15) is 0 Å². The molecular weight excluding hydrogens is 174 g/mol. The van der Waals surface area contributed by atoms with E-state index in [-0.39, 0.29) is 6.04 Å². The second kappa shape index (κ2) is 4.60. The highest BCUT2D eigenvalue weighted by Gasteiger charge is 2.18. The summed E-state index contributed by atoms with van der Waals surface area (Å²) in [5, 5.41) is 0. The fraction of sp³-hybridized carbons (Fsp3) is 0.727. The minimum absolute atomic E-state index is 0.105. The minimum atomic E-state index is 0.105. The molecule has 0 aromatic carbocycles. The highest BCUT2D eigenvalue weighted by atomic mass is 14.9. The maximum Gasteiger partial charge on any atom is 0.123 e. The first kappa shape index (κ1) is 9.71. The van der Waals surface area contributed by atoms with Crippen molar-refractivity contribution >= 4 is 0 Å². The number of hydrogen-bond acceptors (Lipinski definition) is 2. The van der Waals surface area contributed by atoms with Gasteiger partial charge in [0.25, 0.3) is 0 Å². The second-order valence-electron chi connectivity index (χ2n) is 4.32. The monoisotopic (exact) mass is 193 g/mol. The molecule has 3 nitrogen and oxygen atoms in total. The van der Waals surface area contributed by atoms with Gasteiger partial charge >= 0.3 is 0 Å². The van der Waals surface area contributed by atoms with Crippen molar-refractivity contribution in [2.45, 2.75) is 44.6 Å². The van der Waals surface area contributed by atoms with E-state index in [0.29, 0.717) is 0 Å². The summed E-state index contributed by atoms with van der Waals surface area (Å²) >= 11 is 0. The van der Waals surface area contributed by atoms with Crippen molar-refractivity contribution in [2.75, 3.05) is 0 Å². The van der Waals surface area contributed by atoms with Gasteiger partial charge in [0.1, 0.15) is 5.82 Å². The van der Waals surface area contributed by atoms with Crippen LogP contribution in [-0.4, -0.2) is 9.97 Å². The second-order valence-corrected chi connectivity index (χ2v) is 4.32. The first-order valence-corrected chi connectivity index (χ1v) is 5.61. The van der Waals surface area contributed by atoms with Crippen LogP contribution in [0, 0.1) is 5.92 Å². The van der Waals surface area contributed by atoms with Gasteiger partial charge in [-0.05, 0) is 12.3 Å². The Labute approximate surface area is 85.1 Å². The molecule has 1 unspecified atom stereocenters. The van der Waals surface area contributed by atoms with Crippen LogP contribution in [0.25, 0.3) is 0 Å². The lowest BCUT2D eigenvalue weighted by Crippen LogP contribution is -2.18. The van der Waals surface area contributed by atoms with Crippen molar-refractivity contribution in [2.24, 2.45) is 11.7 Å². The first-order chi connectivity index (χ1) is 6.86. The van der Waals surface area contributed by atoms with E-state index in [1.54, 1.807) is 6.20 Å². The van der Waals surface area contributed by atoms with Gasteiger partial charge in [-0.3, -0.25) is 0 Å². The number of imidazole rings is 1. The topological polar surface area (TPSA) is 54.7 Å². The maximum absolute atomic E-state index is 6.08. The molecule has 0 spiro atoms. The van der Waals surface area contributed by atoms with Crippen molar-refractivity contribution in [3.8, 4) is 0 Å². The Morgan fingerprint density at radius 3 is 2.86 bits per heavy atom. The number of nitrogens with one attached hydrogen (secondary N) is 1. The molecule has 1 aromatic heterocycles. The largest absolute Gasteiger partial charge is 0.347 e. The summed E-state index contributed by atoms with van der Waals surface area (Å²) in [5.74, 6) is 1.76. The summed E-state index contributed by atoms with van der Waals surface area (Å²) in [6, 6.07) is 0.105. The van der Waals surface area contributed by atoms with Gasteiger partial charge in [-0.1, -0.05) is 32.1 Å². The van der Waals surface area contributed by atoms with Crippen LogP contribution in [0.5, 0.6) is 0 Å². The lowest BCUT2D eigenvalue weighted by atomic mass is 9.85. The van der Waals surface area contributed by atoms with Crippen LogP contribution in [0.1, 0.15) is 50.4 Å². The predicted molar refractivity (Wildman–Crippen MR) is 56.7 cm³/mol. The van der Waals surface area contributed by atoms with Crippen LogP contribution in [0.2, 0.25) is 0 Å². The highest BCUT2D eigenvalue weighted by Crippen LogP contribution is 2.29. The zero-order chi connectivity index (χ0) is 9.80. The maximum atomic E-state index is 6.08. The van der Waals surface area contributed by atoms with E-state index in [2.05, 4.69) is 9.97 Å². The molecule has 3 heteroatoms. The van der Waals surface area contributed by atoms with Crippen molar-refractivity contribution in [1.29, 1.82) is 0 Å². The van der Waals surface area contributed by atoms with Crippen LogP contribution in [-0.2, 0) is 0 Å². The van der Waals surface area contributed by atoms with Gasteiger partial charge in [0, 0.05) is 12.4 Å². The molecule has 1 aromatic rings. The van der Waals surface area contributed by atoms with Gasteiger partial charge in [0.2, 0.25) is 0 Å². The van der Waals surface area contributed by atoms with E-state index in [1.807, 2.05) is 6.20 Å². The number of hydrogen-bond donors (Lipinski definition) is 2. The number of nitrogens with two attached hydrogens (primary N) is 1. The van der Waals surface area contributed by atoms with E-state index < -0.39 is 0 Å². The molecule has 0 amide bonds. The molecule has 1 heterocycles. The third kappa shape index (κ3) is 2.35. The van der Waals surface area contributed by atoms with Gasteiger partial charge in [-0.25, -0.2) is 4.98 Å². The van der Waals surface area contributed by atoms with E-state index >= 15 is 0 Å². The van der Waals surface area contributed by atoms with Crippen LogP contribution < -0.4 is 5.73 Å². The number of nitrogens with zero attached hydrogens (tertiary/aromatic N) is 1. The highest BCUT2D eigenvalue weighted by molar-refractivity contribution is 4.94. The van der Waals surface area contributed by atoms with Crippen LogP contribution >= 0.6 is 0 Å². The molecule has 1 fully saturated rings. The number of aromatic nitrogens is 2. The Morgan fingerprint density at radius 2 is 2.21 bits per heavy atom. The first-order valence-electron chi connectivity index (χ1n) is 5.61. The summed E-state index contributed by atoms with van der Waals surface area (Å²) < 4.78 is 0. The summed E-state index contributed by atoms with van der Waals surface area (Å²) in [7, 11) is 0. The summed E-state index contributed by atoms with van der Waals surface area (Å²) in [6.07, 6.45) is 11.6. The number of H-pyrrole nitrogens is 1. The molecule has 0 bridgehead atoms. The predicted octanol–water partition coefficient (Wildman–Crippen LogP) is 2.38. The van der Waals surface area contributed by atoms with Crippen LogP contribution in [0.3, 0.4) is 0 Å². The van der Waals surface area contributed by atoms with E-state index in [4.69, 9.17) is 5.73 Å². The Bertz CT molecular complexity index is 250. The SMILES string of the molecule is NC(CC1CCCCC1)c1ncc[nH]1. The molecule has 1 saturated carbocycles. The average molecular weight is 193 g/mol. The summed E-state index contributed by atoms with van der Waals surface area (Å²) in [5.41, 5.74) is 6.08. The molecule has 0 radical (unpaired) electrons. The third-order valence-electron chi connectivity index (χ3n) is 3.18. The van der Waals surface area contributed by atoms with Crippen molar-refractivity contribution in [3.63, 3.8) is 0 Å². The van der Waals surface area contributed by atoms with E-state index in [1.165, 1.54) is 32.1 Å². The standard InChI is InChI=1S/C11H19N3/c12-10(11-13-6-7-14-11)8-9-4-2-1-3-5-9/h6-7,9-10H,1-5,8,12H2,(H,13,14). The molecule has 78 valence electrons. The molecule has 3 N–H and O–H groups in total. The Balaban J connectivity index is 1.84. The zero-order valence-electron chi connectivity index (χ0n) is 8.58. The molecule has 1 aliphatic carbocycles. The smallest absolute Gasteiger partial charge is 0.123 e. The quantitative estimate of drug-likeness (QED) is 0.774. The van der Waals surface area contributed by atoms with Gasteiger partial charge in [-0.15, -0.1) is 0 Å². The Morgan fingerprint density at radius 1 is 1.43 bits per heavy atom. The molecule has 1 atom stereocenters. The molecule has 14 heavy (non-hydrogen) atoms. The average Bonchev–Trinajstić information content (AvgIpc) is 2.72. The number of rotatable bonds is 3. The van der Waals surface area contributed by atoms with Crippen molar-refractivity contribution < 1.29 is 0 Å². The Hall–Kier alpha value is -0.830. The normalized spacial score (nSPS) is 20.9. The summed E-state index contributed by atoms with van der Waals surface area (Å²) in [6.45, 7) is 0. The van der Waals surface area contributed by atoms with Gasteiger partial charge in [-0.2, -0.15) is 0 Å². The van der Waals surface area contributed by atoms with Gasteiger partial charge in [0.15, 0.2) is 0 Å². The zero-order valence-corrected chi connectivity index (χ0v) is 8.58. The molecular formula is C11H19N3. The molecule has 2 rings (SSSR count). The number of aromatic amines is 1. The van der Waals surface area contributed by atoms with E-state index in [0.717, 1.165) is 18.2 Å². The van der Waals surface area contributed by atoms with Gasteiger partial charge < -0.3 is 10.7 Å². The Kier molecular flexibility index (Phi) is 3.19. The van der Waals surface area contributed by atoms with Crippen molar-refractivity contribution in [1.82, 2.24) is 9.97 Å². The lowest BCUT2D eigenvalue weighted by Gasteiger charge is -2.23. The van der Waals surface area contributed by atoms with Gasteiger partial charge in [0.05, 0.1) is 6.04 Å². The fourth-order valence-electron chi connectivity index (χ4n) is 2.37.